The van der Waals surface area contributed by atoms with Crippen LogP contribution in [0.25, 0.3) is 0 Å². The van der Waals surface area contributed by atoms with E-state index < -0.39 is 34.8 Å². The van der Waals surface area contributed by atoms with Gasteiger partial charge in [0.1, 0.15) is 23.3 Å². The normalized spacial score (nSPS) is 10.1. The maximum absolute atomic E-state index is 13.1. The summed E-state index contributed by atoms with van der Waals surface area (Å²) in [7, 11) is 0. The first-order valence-electron chi connectivity index (χ1n) is 7.09. The molecule has 0 saturated carbocycles. The Kier molecular flexibility index (Phi) is 7.48. The molecule has 2 aromatic rings. The van der Waals surface area contributed by atoms with Crippen LogP contribution in [0, 0.1) is 37.1 Å². The van der Waals surface area contributed by atoms with Gasteiger partial charge in [-0.2, -0.15) is 0 Å². The lowest BCUT2D eigenvalue weighted by Gasteiger charge is -2.02. The van der Waals surface area contributed by atoms with E-state index in [0.29, 0.717) is 0 Å². The molecule has 25 heavy (non-hydrogen) atoms. The number of benzene rings is 2. The molecule has 0 unspecified atom stereocenters. The van der Waals surface area contributed by atoms with Gasteiger partial charge in [0.05, 0.1) is 16.5 Å². The maximum atomic E-state index is 13.1. The van der Waals surface area contributed by atoms with Crippen molar-refractivity contribution in [2.45, 2.75) is 20.8 Å². The van der Waals surface area contributed by atoms with Crippen LogP contribution in [0.3, 0.4) is 0 Å². The number of Topliss-reactive ketones (excluding diaryl/α,β-unsaturated/α-hetero) is 2. The Balaban J connectivity index is 0.000000251. The minimum atomic E-state index is -0.677. The summed E-state index contributed by atoms with van der Waals surface area (Å²) in [5.41, 5.74) is -0.000743. The number of halogens is 5. The Morgan fingerprint density at radius 1 is 0.800 bits per heavy atom. The van der Waals surface area contributed by atoms with E-state index in [2.05, 4.69) is 15.9 Å². The van der Waals surface area contributed by atoms with Gasteiger partial charge in [0.25, 0.3) is 0 Å². The smallest absolute Gasteiger partial charge is 0.176 e. The van der Waals surface area contributed by atoms with Crippen LogP contribution in [-0.2, 0) is 0 Å². The molecule has 0 heterocycles. The molecule has 0 aromatic heterocycles. The van der Waals surface area contributed by atoms with Crippen molar-refractivity contribution in [2.24, 2.45) is 0 Å². The predicted molar refractivity (Wildman–Crippen MR) is 90.3 cm³/mol. The molecule has 0 bridgehead atoms. The zero-order valence-electron chi connectivity index (χ0n) is 13.7. The molecular weight excluding hydrogens is 404 g/mol. The van der Waals surface area contributed by atoms with Crippen LogP contribution in [-0.4, -0.2) is 16.9 Å². The summed E-state index contributed by atoms with van der Waals surface area (Å²) in [6.07, 6.45) is 0. The first kappa shape index (κ1) is 21.0. The molecule has 0 saturated heterocycles. The zero-order valence-corrected chi connectivity index (χ0v) is 15.3. The van der Waals surface area contributed by atoms with Crippen molar-refractivity contribution in [3.05, 3.63) is 69.8 Å². The van der Waals surface area contributed by atoms with Gasteiger partial charge in [0.2, 0.25) is 0 Å². The number of hydrogen-bond donors (Lipinski definition) is 0. The summed E-state index contributed by atoms with van der Waals surface area (Å²) in [6.45, 7) is 4.09. The van der Waals surface area contributed by atoms with Crippen LogP contribution in [0.1, 0.15) is 38.8 Å². The average Bonchev–Trinajstić information content (AvgIpc) is 2.54. The Hall–Kier alpha value is -2.02. The number of carbonyl (C=O) groups excluding carboxylic acids is 2. The van der Waals surface area contributed by atoms with Crippen molar-refractivity contribution >= 4 is 27.5 Å². The van der Waals surface area contributed by atoms with Crippen molar-refractivity contribution in [3.63, 3.8) is 0 Å². The van der Waals surface area contributed by atoms with Crippen molar-refractivity contribution in [1.82, 2.24) is 0 Å². The second-order valence-electron chi connectivity index (χ2n) is 5.28. The van der Waals surface area contributed by atoms with E-state index in [0.717, 1.165) is 24.3 Å². The highest BCUT2D eigenvalue weighted by molar-refractivity contribution is 9.09. The highest BCUT2D eigenvalue weighted by atomic mass is 79.9. The standard InChI is InChI=1S/C9H7BrF2O.C9H8F2O/c1-5-2-8(12)6(3-7(5)11)9(13)4-10;1-5-3-9(11)7(6(2)12)4-8(5)10/h2-3H,4H2,1H3;3-4H,1-2H3. The summed E-state index contributed by atoms with van der Waals surface area (Å²) in [5.74, 6) is -3.39. The molecule has 0 radical (unpaired) electrons. The number of aryl methyl sites for hydroxylation is 2. The van der Waals surface area contributed by atoms with E-state index in [9.17, 15) is 27.2 Å². The second kappa shape index (κ2) is 8.89. The molecule has 7 heteroatoms. The number of rotatable bonds is 3. The van der Waals surface area contributed by atoms with Gasteiger partial charge in [0.15, 0.2) is 11.6 Å². The van der Waals surface area contributed by atoms with E-state index in [1.807, 2.05) is 0 Å². The van der Waals surface area contributed by atoms with Crippen LogP contribution in [0.2, 0.25) is 0 Å². The number of alkyl halides is 1. The summed E-state index contributed by atoms with van der Waals surface area (Å²) in [4.78, 5) is 21.8. The van der Waals surface area contributed by atoms with E-state index >= 15 is 0 Å². The highest BCUT2D eigenvalue weighted by Crippen LogP contribution is 2.15. The van der Waals surface area contributed by atoms with E-state index in [-0.39, 0.29) is 27.6 Å². The maximum Gasteiger partial charge on any atom is 0.176 e. The molecular formula is C18H15BrF4O2. The van der Waals surface area contributed by atoms with Crippen LogP contribution >= 0.6 is 15.9 Å². The predicted octanol–water partition coefficient (Wildman–Crippen LogP) is 5.33. The average molecular weight is 419 g/mol. The van der Waals surface area contributed by atoms with Crippen molar-refractivity contribution in [3.8, 4) is 0 Å². The van der Waals surface area contributed by atoms with Crippen LogP contribution < -0.4 is 0 Å². The van der Waals surface area contributed by atoms with Crippen molar-refractivity contribution in [2.75, 3.05) is 5.33 Å². The fraction of sp³-hybridized carbons (Fsp3) is 0.222. The van der Waals surface area contributed by atoms with Gasteiger partial charge in [-0.05, 0) is 56.2 Å². The summed E-state index contributed by atoms with van der Waals surface area (Å²) >= 11 is 2.89. The SMILES string of the molecule is CC(=O)c1cc(F)c(C)cc1F.Cc1cc(F)c(C(=O)CBr)cc1F. The fourth-order valence-electron chi connectivity index (χ4n) is 1.85. The third-order valence-electron chi connectivity index (χ3n) is 3.30. The van der Waals surface area contributed by atoms with Gasteiger partial charge < -0.3 is 0 Å². The Morgan fingerprint density at radius 3 is 1.60 bits per heavy atom. The first-order chi connectivity index (χ1) is 11.6. The molecule has 2 aromatic carbocycles. The van der Waals surface area contributed by atoms with Gasteiger partial charge in [-0.3, -0.25) is 9.59 Å². The van der Waals surface area contributed by atoms with Gasteiger partial charge in [0, 0.05) is 0 Å². The molecule has 0 aliphatic heterocycles. The van der Waals surface area contributed by atoms with Crippen molar-refractivity contribution < 1.29 is 27.2 Å². The third kappa shape index (κ3) is 5.49. The number of hydrogen-bond acceptors (Lipinski definition) is 2. The van der Waals surface area contributed by atoms with E-state index in [1.54, 1.807) is 0 Å². The molecule has 0 aliphatic rings. The summed E-state index contributed by atoms with van der Waals surface area (Å²) in [5, 5.41) is -0.00752. The van der Waals surface area contributed by atoms with Gasteiger partial charge in [-0.1, -0.05) is 15.9 Å². The molecule has 0 spiro atoms. The highest BCUT2D eigenvalue weighted by Gasteiger charge is 2.13. The Morgan fingerprint density at radius 2 is 1.20 bits per heavy atom. The topological polar surface area (TPSA) is 34.1 Å². The minimum absolute atomic E-state index is 0.00752. The van der Waals surface area contributed by atoms with Gasteiger partial charge in [-0.25, -0.2) is 17.6 Å². The lowest BCUT2D eigenvalue weighted by molar-refractivity contribution is 0.100. The van der Waals surface area contributed by atoms with Gasteiger partial charge >= 0.3 is 0 Å². The Labute approximate surface area is 151 Å². The lowest BCUT2D eigenvalue weighted by Crippen LogP contribution is -2.04. The molecule has 2 rings (SSSR count). The molecule has 0 N–H and O–H groups in total. The fourth-order valence-corrected chi connectivity index (χ4v) is 2.15. The largest absolute Gasteiger partial charge is 0.294 e. The second-order valence-corrected chi connectivity index (χ2v) is 5.84. The van der Waals surface area contributed by atoms with Crippen molar-refractivity contribution in [1.29, 1.82) is 0 Å². The minimum Gasteiger partial charge on any atom is -0.294 e. The molecule has 134 valence electrons. The van der Waals surface area contributed by atoms with Crippen LogP contribution in [0.15, 0.2) is 24.3 Å². The zero-order chi connectivity index (χ0) is 19.3. The lowest BCUT2D eigenvalue weighted by atomic mass is 10.1. The molecule has 0 aliphatic carbocycles. The van der Waals surface area contributed by atoms with Gasteiger partial charge in [-0.15, -0.1) is 0 Å². The molecule has 0 fully saturated rings. The first-order valence-corrected chi connectivity index (χ1v) is 8.22. The molecule has 0 atom stereocenters. The molecule has 2 nitrogen and oxygen atoms in total. The number of carbonyl (C=O) groups is 2. The quantitative estimate of drug-likeness (QED) is 0.383. The van der Waals surface area contributed by atoms with E-state index in [4.69, 9.17) is 0 Å². The van der Waals surface area contributed by atoms with E-state index in [1.165, 1.54) is 20.8 Å². The summed E-state index contributed by atoms with van der Waals surface area (Å²) < 4.78 is 51.7. The third-order valence-corrected chi connectivity index (χ3v) is 3.81. The monoisotopic (exact) mass is 418 g/mol. The number of ketones is 2. The summed E-state index contributed by atoms with van der Waals surface area (Å²) in [6, 6.07) is 3.89. The molecule has 0 amide bonds. The Bertz CT molecular complexity index is 819. The van der Waals surface area contributed by atoms with Crippen LogP contribution in [0.4, 0.5) is 17.6 Å². The van der Waals surface area contributed by atoms with Crippen LogP contribution in [0.5, 0.6) is 0 Å².